The zero-order chi connectivity index (χ0) is 23.8. The van der Waals surface area contributed by atoms with E-state index in [2.05, 4.69) is 31.4 Å². The standard InChI is InChI=1S/C24H21BrClFN4O2S/c25-15-8-9-18(27)17(12-15)22-29-30-24(34-22)28-21(32)20-11-13-4-1-2-7-19(13)31(20)23(33)14-5-3-6-16(26)10-14/h3,5-6,8-10,12-13,19-20H,1-2,4,7,11H2,(H,28,30,32)/t13-,19-,20-/m0/s1. The van der Waals surface area contributed by atoms with Crippen molar-refractivity contribution in [3.8, 4) is 10.6 Å². The van der Waals surface area contributed by atoms with E-state index >= 15 is 0 Å². The minimum Gasteiger partial charge on any atom is -0.323 e. The lowest BCUT2D eigenvalue weighted by Gasteiger charge is -2.33. The van der Waals surface area contributed by atoms with Crippen molar-refractivity contribution in [1.29, 1.82) is 0 Å². The summed E-state index contributed by atoms with van der Waals surface area (Å²) in [6.07, 6.45) is 4.62. The first-order valence-corrected chi connectivity index (χ1v) is 13.1. The van der Waals surface area contributed by atoms with Crippen molar-refractivity contribution in [1.82, 2.24) is 15.1 Å². The number of carbonyl (C=O) groups excluding carboxylic acids is 2. The second-order valence-electron chi connectivity index (χ2n) is 8.61. The SMILES string of the molecule is O=C(Nc1nnc(-c2cc(Br)ccc2F)s1)[C@@H]1C[C@@H]2CCCC[C@@H]2N1C(=O)c1cccc(Cl)c1. The van der Waals surface area contributed by atoms with E-state index in [0.717, 1.165) is 37.0 Å². The number of fused-ring (bicyclic) bond motifs is 1. The van der Waals surface area contributed by atoms with E-state index < -0.39 is 11.9 Å². The van der Waals surface area contributed by atoms with Crippen LogP contribution in [0.2, 0.25) is 5.02 Å². The lowest BCUT2D eigenvalue weighted by molar-refractivity contribution is -0.120. The molecule has 5 rings (SSSR count). The van der Waals surface area contributed by atoms with Crippen LogP contribution in [0.15, 0.2) is 46.9 Å². The topological polar surface area (TPSA) is 75.2 Å². The van der Waals surface area contributed by atoms with Gasteiger partial charge in [-0.25, -0.2) is 4.39 Å². The number of likely N-dealkylation sites (tertiary alicyclic amines) is 1. The Bertz CT molecular complexity index is 1260. The molecular weight excluding hydrogens is 543 g/mol. The molecule has 0 spiro atoms. The third-order valence-corrected chi connectivity index (χ3v) is 8.11. The third kappa shape index (κ3) is 4.61. The molecule has 3 aromatic rings. The molecule has 1 saturated carbocycles. The van der Waals surface area contributed by atoms with Gasteiger partial charge in [0.05, 0.1) is 0 Å². The number of amides is 2. The van der Waals surface area contributed by atoms with E-state index in [1.165, 1.54) is 6.07 Å². The van der Waals surface area contributed by atoms with E-state index in [1.54, 1.807) is 41.3 Å². The van der Waals surface area contributed by atoms with Gasteiger partial charge in [-0.15, -0.1) is 10.2 Å². The summed E-state index contributed by atoms with van der Waals surface area (Å²) in [6, 6.07) is 10.8. The summed E-state index contributed by atoms with van der Waals surface area (Å²) in [5.74, 6) is -0.628. The molecule has 2 fully saturated rings. The molecule has 2 amide bonds. The summed E-state index contributed by atoms with van der Waals surface area (Å²) in [4.78, 5) is 28.6. The number of anilines is 1. The highest BCUT2D eigenvalue weighted by Crippen LogP contribution is 2.41. The molecule has 2 aliphatic rings. The molecule has 3 atom stereocenters. The van der Waals surface area contributed by atoms with E-state index in [9.17, 15) is 14.0 Å². The number of nitrogens with zero attached hydrogens (tertiary/aromatic N) is 3. The lowest BCUT2D eigenvalue weighted by Crippen LogP contribution is -2.47. The van der Waals surface area contributed by atoms with Crippen molar-refractivity contribution in [2.75, 3.05) is 5.32 Å². The summed E-state index contributed by atoms with van der Waals surface area (Å²) in [7, 11) is 0. The summed E-state index contributed by atoms with van der Waals surface area (Å²) >= 11 is 10.5. The summed E-state index contributed by atoms with van der Waals surface area (Å²) < 4.78 is 15.0. The summed E-state index contributed by atoms with van der Waals surface area (Å²) in [5, 5.41) is 12.0. The number of halogens is 3. The van der Waals surface area contributed by atoms with Crippen molar-refractivity contribution in [3.63, 3.8) is 0 Å². The minimum absolute atomic E-state index is 0.0247. The molecule has 10 heteroatoms. The Morgan fingerprint density at radius 1 is 1.15 bits per heavy atom. The Balaban J connectivity index is 1.39. The van der Waals surface area contributed by atoms with Crippen molar-refractivity contribution >= 4 is 55.8 Å². The van der Waals surface area contributed by atoms with Crippen LogP contribution in [0.25, 0.3) is 10.6 Å². The van der Waals surface area contributed by atoms with Crippen LogP contribution in [-0.2, 0) is 4.79 Å². The van der Waals surface area contributed by atoms with Crippen LogP contribution >= 0.6 is 38.9 Å². The van der Waals surface area contributed by atoms with Crippen molar-refractivity contribution in [2.45, 2.75) is 44.2 Å². The molecule has 1 aliphatic carbocycles. The second kappa shape index (κ2) is 9.71. The average Bonchev–Trinajstić information content (AvgIpc) is 3.45. The van der Waals surface area contributed by atoms with E-state index in [1.807, 2.05) is 0 Å². The van der Waals surface area contributed by atoms with Gasteiger partial charge < -0.3 is 4.90 Å². The molecule has 1 N–H and O–H groups in total. The Morgan fingerprint density at radius 2 is 1.97 bits per heavy atom. The van der Waals surface area contributed by atoms with Crippen molar-refractivity contribution in [3.05, 3.63) is 63.3 Å². The predicted molar refractivity (Wildman–Crippen MR) is 133 cm³/mol. The maximum Gasteiger partial charge on any atom is 0.254 e. The quantitative estimate of drug-likeness (QED) is 0.412. The molecule has 34 heavy (non-hydrogen) atoms. The van der Waals surface area contributed by atoms with Crippen LogP contribution in [-0.4, -0.2) is 39.0 Å². The fourth-order valence-corrected chi connectivity index (χ4v) is 6.31. The van der Waals surface area contributed by atoms with Gasteiger partial charge in [0.1, 0.15) is 11.9 Å². The Morgan fingerprint density at radius 3 is 2.79 bits per heavy atom. The first-order chi connectivity index (χ1) is 16.4. The minimum atomic E-state index is -0.616. The van der Waals surface area contributed by atoms with Gasteiger partial charge in [-0.2, -0.15) is 0 Å². The highest BCUT2D eigenvalue weighted by Gasteiger charge is 2.47. The molecule has 1 saturated heterocycles. The Kier molecular flexibility index (Phi) is 6.68. The van der Waals surface area contributed by atoms with Crippen LogP contribution in [0.3, 0.4) is 0 Å². The number of carbonyl (C=O) groups is 2. The van der Waals surface area contributed by atoms with E-state index in [0.29, 0.717) is 32.1 Å². The average molecular weight is 564 g/mol. The summed E-state index contributed by atoms with van der Waals surface area (Å²) in [6.45, 7) is 0. The van der Waals surface area contributed by atoms with Crippen molar-refractivity contribution < 1.29 is 14.0 Å². The molecule has 176 valence electrons. The number of aromatic nitrogens is 2. The van der Waals surface area contributed by atoms with Crippen LogP contribution < -0.4 is 5.32 Å². The molecule has 6 nitrogen and oxygen atoms in total. The number of rotatable bonds is 4. The first kappa shape index (κ1) is 23.4. The molecule has 1 aliphatic heterocycles. The number of hydrogen-bond acceptors (Lipinski definition) is 5. The number of benzene rings is 2. The van der Waals surface area contributed by atoms with Gasteiger partial charge in [0.2, 0.25) is 11.0 Å². The van der Waals surface area contributed by atoms with Gasteiger partial charge in [-0.1, -0.05) is 57.8 Å². The van der Waals surface area contributed by atoms with E-state index in [-0.39, 0.29) is 28.9 Å². The van der Waals surface area contributed by atoms with Crippen LogP contribution in [0.1, 0.15) is 42.5 Å². The van der Waals surface area contributed by atoms with Crippen molar-refractivity contribution in [2.24, 2.45) is 5.92 Å². The fourth-order valence-electron chi connectivity index (χ4n) is 4.99. The van der Waals surface area contributed by atoms with Gasteiger partial charge in [-0.3, -0.25) is 14.9 Å². The predicted octanol–water partition coefficient (Wildman–Crippen LogP) is 6.17. The Hall–Kier alpha value is -2.36. The number of hydrogen-bond donors (Lipinski definition) is 1. The van der Waals surface area contributed by atoms with Crippen LogP contribution in [0, 0.1) is 11.7 Å². The largest absolute Gasteiger partial charge is 0.323 e. The lowest BCUT2D eigenvalue weighted by atomic mass is 9.84. The van der Waals surface area contributed by atoms with Gasteiger partial charge in [0.15, 0.2) is 5.01 Å². The smallest absolute Gasteiger partial charge is 0.254 e. The Labute approximate surface area is 213 Å². The molecule has 0 unspecified atom stereocenters. The zero-order valence-corrected chi connectivity index (χ0v) is 21.2. The molecule has 2 aromatic carbocycles. The van der Waals surface area contributed by atoms with Gasteiger partial charge in [-0.05, 0) is 61.6 Å². The van der Waals surface area contributed by atoms with Gasteiger partial charge in [0.25, 0.3) is 5.91 Å². The molecular formula is C24H21BrClFN4O2S. The molecule has 0 radical (unpaired) electrons. The molecule has 0 bridgehead atoms. The monoisotopic (exact) mass is 562 g/mol. The second-order valence-corrected chi connectivity index (χ2v) is 10.9. The highest BCUT2D eigenvalue weighted by molar-refractivity contribution is 9.10. The highest BCUT2D eigenvalue weighted by atomic mass is 79.9. The maximum absolute atomic E-state index is 14.2. The fraction of sp³-hybridized carbons (Fsp3) is 0.333. The van der Waals surface area contributed by atoms with Crippen LogP contribution in [0.4, 0.5) is 9.52 Å². The first-order valence-electron chi connectivity index (χ1n) is 11.1. The summed E-state index contributed by atoms with van der Waals surface area (Å²) in [5.41, 5.74) is 0.775. The normalized spacial score (nSPS) is 21.9. The third-order valence-electron chi connectivity index (χ3n) is 6.51. The van der Waals surface area contributed by atoms with Gasteiger partial charge in [0, 0.05) is 26.7 Å². The maximum atomic E-state index is 14.2. The molecule has 1 aromatic heterocycles. The van der Waals surface area contributed by atoms with Crippen LogP contribution in [0.5, 0.6) is 0 Å². The molecule has 2 heterocycles. The van der Waals surface area contributed by atoms with Gasteiger partial charge >= 0.3 is 0 Å². The van der Waals surface area contributed by atoms with E-state index in [4.69, 9.17) is 11.6 Å². The number of nitrogens with one attached hydrogen (secondary N) is 1. The zero-order valence-electron chi connectivity index (χ0n) is 18.0.